The third-order valence-electron chi connectivity index (χ3n) is 6.00. The van der Waals surface area contributed by atoms with Crippen molar-refractivity contribution < 1.29 is 28.6 Å². The summed E-state index contributed by atoms with van der Waals surface area (Å²) in [6, 6.07) is 16.5. The number of ether oxygens (including phenoxy) is 3. The average Bonchev–Trinajstić information content (AvgIpc) is 3.28. The summed E-state index contributed by atoms with van der Waals surface area (Å²) in [5, 5.41) is 0. The van der Waals surface area contributed by atoms with E-state index in [1.54, 1.807) is 43.5 Å². The molecule has 4 rings (SSSR count). The smallest absolute Gasteiger partial charge is 0.338 e. The first-order chi connectivity index (χ1) is 15.5. The molecule has 0 aromatic heterocycles. The lowest BCUT2D eigenvalue weighted by molar-refractivity contribution is -0.141. The van der Waals surface area contributed by atoms with E-state index in [0.29, 0.717) is 18.6 Å². The van der Waals surface area contributed by atoms with Crippen molar-refractivity contribution in [2.45, 2.75) is 38.1 Å². The molecule has 2 aliphatic rings. The van der Waals surface area contributed by atoms with Crippen LogP contribution in [0.5, 0.6) is 0 Å². The van der Waals surface area contributed by atoms with E-state index >= 15 is 0 Å². The predicted molar refractivity (Wildman–Crippen MR) is 117 cm³/mol. The van der Waals surface area contributed by atoms with E-state index in [4.69, 9.17) is 14.2 Å². The average molecular weight is 434 g/mol. The Hall–Kier alpha value is -3.25. The Morgan fingerprint density at radius 1 is 1.09 bits per heavy atom. The third kappa shape index (κ3) is 5.14. The van der Waals surface area contributed by atoms with E-state index in [2.05, 4.69) is 0 Å². The zero-order valence-electron chi connectivity index (χ0n) is 17.9. The third-order valence-corrected chi connectivity index (χ3v) is 6.00. The van der Waals surface area contributed by atoms with E-state index in [1.165, 1.54) is 0 Å². The van der Waals surface area contributed by atoms with Gasteiger partial charge in [-0.1, -0.05) is 48.5 Å². The standard InChI is InChI=1S/C26H26O6/c1-30-16-18-7-5-6-17(12-18)13-20(27)10-11-21-22-14-25(28)31-24(22)15-23(21)32-26(29)19-8-3-2-4-9-19/h2-12,21-24H,13-16H2,1H3/b11-10+/t21-,22-,23-,24+/m1/s1. The highest BCUT2D eigenvalue weighted by atomic mass is 16.6. The van der Waals surface area contributed by atoms with Gasteiger partial charge in [-0.05, 0) is 29.3 Å². The number of hydrogen-bond donors (Lipinski definition) is 0. The molecule has 6 heteroatoms. The predicted octanol–water partition coefficient (Wildman–Crippen LogP) is 3.68. The van der Waals surface area contributed by atoms with Crippen LogP contribution in [-0.4, -0.2) is 37.0 Å². The number of ketones is 1. The summed E-state index contributed by atoms with van der Waals surface area (Å²) in [5.74, 6) is -1.05. The lowest BCUT2D eigenvalue weighted by Gasteiger charge is -2.20. The van der Waals surface area contributed by atoms with Crippen LogP contribution in [0, 0.1) is 11.8 Å². The lowest BCUT2D eigenvalue weighted by Crippen LogP contribution is -2.25. The number of fused-ring (bicyclic) bond motifs is 1. The van der Waals surface area contributed by atoms with Crippen LogP contribution < -0.4 is 0 Å². The lowest BCUT2D eigenvalue weighted by atomic mass is 9.91. The van der Waals surface area contributed by atoms with Crippen molar-refractivity contribution in [2.75, 3.05) is 7.11 Å². The van der Waals surface area contributed by atoms with Gasteiger partial charge in [0.05, 0.1) is 18.6 Å². The van der Waals surface area contributed by atoms with Crippen LogP contribution in [0.2, 0.25) is 0 Å². The second-order valence-corrected chi connectivity index (χ2v) is 8.27. The van der Waals surface area contributed by atoms with Gasteiger partial charge < -0.3 is 14.2 Å². The van der Waals surface area contributed by atoms with Gasteiger partial charge in [-0.3, -0.25) is 9.59 Å². The topological polar surface area (TPSA) is 78.9 Å². The Bertz CT molecular complexity index is 1010. The quantitative estimate of drug-likeness (QED) is 0.466. The molecule has 2 aromatic carbocycles. The van der Waals surface area contributed by atoms with Gasteiger partial charge >= 0.3 is 11.9 Å². The van der Waals surface area contributed by atoms with Gasteiger partial charge in [-0.25, -0.2) is 4.79 Å². The molecule has 2 fully saturated rings. The van der Waals surface area contributed by atoms with Gasteiger partial charge in [-0.15, -0.1) is 0 Å². The number of methoxy groups -OCH3 is 1. The molecule has 1 heterocycles. The number of carbonyl (C=O) groups is 3. The first-order valence-electron chi connectivity index (χ1n) is 10.8. The number of rotatable bonds is 8. The van der Waals surface area contributed by atoms with E-state index < -0.39 is 12.1 Å². The Labute approximate surface area is 187 Å². The second kappa shape index (κ2) is 9.92. The van der Waals surface area contributed by atoms with Crippen molar-refractivity contribution in [3.63, 3.8) is 0 Å². The molecule has 1 saturated heterocycles. The Morgan fingerprint density at radius 2 is 1.88 bits per heavy atom. The summed E-state index contributed by atoms with van der Waals surface area (Å²) in [7, 11) is 1.63. The molecule has 32 heavy (non-hydrogen) atoms. The van der Waals surface area contributed by atoms with Gasteiger partial charge in [0.25, 0.3) is 0 Å². The summed E-state index contributed by atoms with van der Waals surface area (Å²) < 4.78 is 16.3. The highest BCUT2D eigenvalue weighted by Gasteiger charge is 2.50. The van der Waals surface area contributed by atoms with E-state index in [-0.39, 0.29) is 42.5 Å². The summed E-state index contributed by atoms with van der Waals surface area (Å²) in [6.07, 6.45) is 3.58. The molecule has 166 valence electrons. The SMILES string of the molecule is COCc1cccc(CC(=O)/C=C/[C@@H]2[C@H]3CC(=O)O[C@H]3C[C@H]2OC(=O)c2ccccc2)c1. The van der Waals surface area contributed by atoms with Crippen LogP contribution >= 0.6 is 0 Å². The van der Waals surface area contributed by atoms with Crippen molar-refractivity contribution in [3.05, 3.63) is 83.4 Å². The highest BCUT2D eigenvalue weighted by molar-refractivity contribution is 5.91. The maximum absolute atomic E-state index is 12.6. The molecule has 0 bridgehead atoms. The highest BCUT2D eigenvalue weighted by Crippen LogP contribution is 2.43. The Balaban J connectivity index is 1.45. The molecule has 4 atom stereocenters. The minimum Gasteiger partial charge on any atom is -0.462 e. The minimum atomic E-state index is -0.445. The molecule has 6 nitrogen and oxygen atoms in total. The number of hydrogen-bond acceptors (Lipinski definition) is 6. The summed E-state index contributed by atoms with van der Waals surface area (Å²) in [4.78, 5) is 37.0. The number of esters is 2. The fourth-order valence-electron chi connectivity index (χ4n) is 4.54. The second-order valence-electron chi connectivity index (χ2n) is 8.27. The fourth-order valence-corrected chi connectivity index (χ4v) is 4.54. The van der Waals surface area contributed by atoms with Crippen molar-refractivity contribution in [1.29, 1.82) is 0 Å². The summed E-state index contributed by atoms with van der Waals surface area (Å²) in [5.41, 5.74) is 2.39. The first-order valence-corrected chi connectivity index (χ1v) is 10.8. The number of allylic oxidation sites excluding steroid dienone is 1. The zero-order valence-corrected chi connectivity index (χ0v) is 17.9. The normalized spacial score (nSPS) is 24.3. The maximum Gasteiger partial charge on any atom is 0.338 e. The van der Waals surface area contributed by atoms with Gasteiger partial charge in [0.2, 0.25) is 0 Å². The molecular formula is C26H26O6. The summed E-state index contributed by atoms with van der Waals surface area (Å²) >= 11 is 0. The molecule has 0 radical (unpaired) electrons. The molecule has 1 saturated carbocycles. The zero-order chi connectivity index (χ0) is 22.5. The molecule has 0 unspecified atom stereocenters. The van der Waals surface area contributed by atoms with Crippen molar-refractivity contribution in [3.8, 4) is 0 Å². The van der Waals surface area contributed by atoms with Crippen LogP contribution in [0.15, 0.2) is 66.7 Å². The van der Waals surface area contributed by atoms with E-state index in [9.17, 15) is 14.4 Å². The maximum atomic E-state index is 12.6. The van der Waals surface area contributed by atoms with Crippen LogP contribution in [0.3, 0.4) is 0 Å². The van der Waals surface area contributed by atoms with Gasteiger partial charge in [0.1, 0.15) is 12.2 Å². The van der Waals surface area contributed by atoms with Gasteiger partial charge in [0, 0.05) is 31.8 Å². The van der Waals surface area contributed by atoms with E-state index in [0.717, 1.165) is 11.1 Å². The molecule has 0 amide bonds. The van der Waals surface area contributed by atoms with Gasteiger partial charge in [-0.2, -0.15) is 0 Å². The minimum absolute atomic E-state index is 0.0543. The van der Waals surface area contributed by atoms with Crippen LogP contribution in [0.25, 0.3) is 0 Å². The Kier molecular flexibility index (Phi) is 6.81. The molecule has 2 aromatic rings. The summed E-state index contributed by atoms with van der Waals surface area (Å²) in [6.45, 7) is 0.492. The number of benzene rings is 2. The molecule has 1 aliphatic carbocycles. The van der Waals surface area contributed by atoms with Crippen LogP contribution in [0.1, 0.15) is 34.3 Å². The Morgan fingerprint density at radius 3 is 2.66 bits per heavy atom. The van der Waals surface area contributed by atoms with Crippen molar-refractivity contribution in [1.82, 2.24) is 0 Å². The van der Waals surface area contributed by atoms with Gasteiger partial charge in [0.15, 0.2) is 5.78 Å². The fraction of sp³-hybridized carbons (Fsp3) is 0.346. The van der Waals surface area contributed by atoms with Crippen molar-refractivity contribution in [2.24, 2.45) is 11.8 Å². The molecule has 0 N–H and O–H groups in total. The largest absolute Gasteiger partial charge is 0.462 e. The van der Waals surface area contributed by atoms with Crippen LogP contribution in [0.4, 0.5) is 0 Å². The first kappa shape index (κ1) is 22.0. The van der Waals surface area contributed by atoms with E-state index in [1.807, 2.05) is 30.3 Å². The monoisotopic (exact) mass is 434 g/mol. The molecule has 1 aliphatic heterocycles. The molecule has 0 spiro atoms. The number of carbonyl (C=O) groups excluding carboxylic acids is 3. The van der Waals surface area contributed by atoms with Crippen molar-refractivity contribution >= 4 is 17.7 Å². The molecular weight excluding hydrogens is 408 g/mol. The van der Waals surface area contributed by atoms with Crippen LogP contribution in [-0.2, 0) is 36.8 Å².